The second-order valence-corrected chi connectivity index (χ2v) is 16.3. The van der Waals surface area contributed by atoms with Crippen molar-refractivity contribution in [1.82, 2.24) is 0 Å². The summed E-state index contributed by atoms with van der Waals surface area (Å²) in [5, 5.41) is 2.65. The predicted molar refractivity (Wildman–Crippen MR) is 250 cm³/mol. The first-order valence-corrected chi connectivity index (χ1v) is 20.8. The fourth-order valence-corrected chi connectivity index (χ4v) is 10.8. The second-order valence-electron chi connectivity index (χ2n) is 15.2. The highest BCUT2D eigenvalue weighted by Gasteiger charge is 2.43. The quantitative estimate of drug-likeness (QED) is 0.162. The van der Waals surface area contributed by atoms with E-state index >= 15 is 0 Å². The van der Waals surface area contributed by atoms with Crippen LogP contribution in [0.2, 0.25) is 0 Å². The smallest absolute Gasteiger partial charge is 0.252 e. The topological polar surface area (TPSA) is 6.48 Å². The van der Waals surface area contributed by atoms with Crippen LogP contribution in [-0.2, 0) is 0 Å². The Labute approximate surface area is 342 Å². The molecule has 0 fully saturated rings. The van der Waals surface area contributed by atoms with Crippen LogP contribution in [0.1, 0.15) is 0 Å². The van der Waals surface area contributed by atoms with Crippen molar-refractivity contribution >= 4 is 88.7 Å². The van der Waals surface area contributed by atoms with Crippen molar-refractivity contribution in [3.05, 3.63) is 212 Å². The van der Waals surface area contributed by atoms with E-state index in [1.165, 1.54) is 98.4 Å². The summed E-state index contributed by atoms with van der Waals surface area (Å²) < 4.78 is 2.64. The summed E-state index contributed by atoms with van der Waals surface area (Å²) in [5.41, 5.74) is 18.4. The Bertz CT molecular complexity index is 3190. The summed E-state index contributed by atoms with van der Waals surface area (Å²) in [6.45, 7) is 0.0102. The maximum Gasteiger partial charge on any atom is 0.252 e. The van der Waals surface area contributed by atoms with Crippen LogP contribution < -0.4 is 26.2 Å². The Hall–Kier alpha value is -7.14. The van der Waals surface area contributed by atoms with Crippen molar-refractivity contribution in [2.45, 2.75) is 0 Å². The number of hydrogen-bond donors (Lipinski definition) is 0. The third-order valence-electron chi connectivity index (χ3n) is 12.1. The number of nitrogens with zero attached hydrogens (tertiary/aromatic N) is 2. The van der Waals surface area contributed by atoms with Gasteiger partial charge >= 0.3 is 0 Å². The number of thiophene rings is 1. The first-order chi connectivity index (χ1) is 28.8. The fourth-order valence-electron chi connectivity index (χ4n) is 9.65. The monoisotopic (exact) mass is 754 g/mol. The molecule has 3 heterocycles. The Morgan fingerprint density at radius 1 is 0.328 bits per heavy atom. The highest BCUT2D eigenvalue weighted by Crippen LogP contribution is 2.48. The van der Waals surface area contributed by atoms with E-state index in [2.05, 4.69) is 222 Å². The van der Waals surface area contributed by atoms with Crippen molar-refractivity contribution in [2.75, 3.05) is 9.80 Å². The highest BCUT2D eigenvalue weighted by molar-refractivity contribution is 7.26. The number of fused-ring (bicyclic) bond motifs is 7. The maximum atomic E-state index is 2.53. The van der Waals surface area contributed by atoms with E-state index in [9.17, 15) is 0 Å². The number of anilines is 6. The molecule has 0 aliphatic carbocycles. The van der Waals surface area contributed by atoms with E-state index in [1.807, 2.05) is 11.3 Å². The molecule has 0 unspecified atom stereocenters. The third-order valence-corrected chi connectivity index (χ3v) is 13.2. The first kappa shape index (κ1) is 33.0. The Kier molecular flexibility index (Phi) is 7.54. The van der Waals surface area contributed by atoms with E-state index < -0.39 is 0 Å². The van der Waals surface area contributed by atoms with E-state index in [1.54, 1.807) is 0 Å². The average Bonchev–Trinajstić information content (AvgIpc) is 3.69. The van der Waals surface area contributed by atoms with Gasteiger partial charge in [0.1, 0.15) is 0 Å². The van der Waals surface area contributed by atoms with Crippen LogP contribution in [0.25, 0.3) is 53.6 Å². The molecule has 270 valence electrons. The lowest BCUT2D eigenvalue weighted by Gasteiger charge is -2.44. The molecular weight excluding hydrogens is 719 g/mol. The molecule has 12 rings (SSSR count). The van der Waals surface area contributed by atoms with Crippen LogP contribution in [0.3, 0.4) is 0 Å². The molecule has 9 aromatic carbocycles. The van der Waals surface area contributed by atoms with Gasteiger partial charge < -0.3 is 9.80 Å². The molecule has 0 saturated heterocycles. The standard InChI is InChI=1S/C54H35BN2S/c1-3-17-36(18-4-1)39-21-7-11-26-45(39)56-47-28-13-10-25-43(47)55-44-35-38(41-24-15-32-52-53(41)42-23-9-14-31-51(42)58-52)33-34-48(44)57(50-30-16-29-49(56)54(50)55)46-27-12-8-22-40(46)37-19-5-2-6-20-37/h1-35H. The zero-order chi connectivity index (χ0) is 38.2. The first-order valence-electron chi connectivity index (χ1n) is 20.0. The Morgan fingerprint density at radius 3 is 1.52 bits per heavy atom. The van der Waals surface area contributed by atoms with Gasteiger partial charge in [-0.2, -0.15) is 0 Å². The SMILES string of the molecule is c1ccc(-c2ccccc2N2c3ccccc3B3c4cc(-c5cccc6sc7ccccc7c56)ccc4N(c4ccccc4-c4ccccc4)c4cccc2c43)cc1. The molecule has 2 aliphatic heterocycles. The lowest BCUT2D eigenvalue weighted by molar-refractivity contribution is 1.25. The highest BCUT2D eigenvalue weighted by atomic mass is 32.1. The largest absolute Gasteiger partial charge is 0.311 e. The molecule has 4 heteroatoms. The van der Waals surface area contributed by atoms with Crippen LogP contribution in [0.4, 0.5) is 34.1 Å². The number of rotatable bonds is 5. The predicted octanol–water partition coefficient (Wildman–Crippen LogP) is 13.1. The van der Waals surface area contributed by atoms with E-state index in [-0.39, 0.29) is 6.71 Å². The van der Waals surface area contributed by atoms with Gasteiger partial charge in [-0.3, -0.25) is 0 Å². The molecule has 0 radical (unpaired) electrons. The molecule has 58 heavy (non-hydrogen) atoms. The van der Waals surface area contributed by atoms with Crippen molar-refractivity contribution < 1.29 is 0 Å². The summed E-state index contributed by atoms with van der Waals surface area (Å²) >= 11 is 1.88. The summed E-state index contributed by atoms with van der Waals surface area (Å²) in [7, 11) is 0. The normalized spacial score (nSPS) is 12.7. The molecule has 10 aromatic rings. The number of hydrogen-bond acceptors (Lipinski definition) is 3. The molecule has 0 N–H and O–H groups in total. The fraction of sp³-hybridized carbons (Fsp3) is 0. The minimum absolute atomic E-state index is 0.0102. The molecule has 1 aromatic heterocycles. The van der Waals surface area contributed by atoms with Crippen molar-refractivity contribution in [3.63, 3.8) is 0 Å². The maximum absolute atomic E-state index is 2.53. The van der Waals surface area contributed by atoms with Gasteiger partial charge in [0.15, 0.2) is 0 Å². The van der Waals surface area contributed by atoms with Crippen LogP contribution >= 0.6 is 11.3 Å². The van der Waals surface area contributed by atoms with E-state index in [0.717, 1.165) is 5.69 Å². The summed E-state index contributed by atoms with van der Waals surface area (Å²) in [4.78, 5) is 5.05. The lowest BCUT2D eigenvalue weighted by atomic mass is 9.33. The lowest BCUT2D eigenvalue weighted by Crippen LogP contribution is -2.61. The van der Waals surface area contributed by atoms with Gasteiger partial charge in [-0.25, -0.2) is 0 Å². The Morgan fingerprint density at radius 2 is 0.828 bits per heavy atom. The van der Waals surface area contributed by atoms with Gasteiger partial charge in [0.25, 0.3) is 6.71 Å². The van der Waals surface area contributed by atoms with Gasteiger partial charge in [0, 0.05) is 54.0 Å². The van der Waals surface area contributed by atoms with Crippen LogP contribution in [0.5, 0.6) is 0 Å². The summed E-state index contributed by atoms with van der Waals surface area (Å²) in [6, 6.07) is 78.2. The molecular formula is C54H35BN2S. The third kappa shape index (κ3) is 4.98. The van der Waals surface area contributed by atoms with Crippen molar-refractivity contribution in [1.29, 1.82) is 0 Å². The number of benzene rings is 9. The minimum atomic E-state index is 0.0102. The van der Waals surface area contributed by atoms with E-state index in [4.69, 9.17) is 0 Å². The zero-order valence-electron chi connectivity index (χ0n) is 31.6. The zero-order valence-corrected chi connectivity index (χ0v) is 32.4. The average molecular weight is 755 g/mol. The van der Waals surface area contributed by atoms with Crippen LogP contribution in [0, 0.1) is 0 Å². The molecule has 2 aliphatic rings. The van der Waals surface area contributed by atoms with Crippen molar-refractivity contribution in [2.24, 2.45) is 0 Å². The van der Waals surface area contributed by atoms with Gasteiger partial charge in [-0.05, 0) is 87.2 Å². The van der Waals surface area contributed by atoms with Crippen LogP contribution in [-0.4, -0.2) is 6.71 Å². The molecule has 0 saturated carbocycles. The van der Waals surface area contributed by atoms with Gasteiger partial charge in [-0.1, -0.05) is 164 Å². The van der Waals surface area contributed by atoms with E-state index in [0.29, 0.717) is 0 Å². The van der Waals surface area contributed by atoms with Crippen LogP contribution in [0.15, 0.2) is 212 Å². The van der Waals surface area contributed by atoms with Gasteiger partial charge in [0.05, 0.1) is 11.4 Å². The number of para-hydroxylation sites is 3. The summed E-state index contributed by atoms with van der Waals surface area (Å²) in [6.07, 6.45) is 0. The molecule has 2 nitrogen and oxygen atoms in total. The molecule has 0 amide bonds. The minimum Gasteiger partial charge on any atom is -0.311 e. The molecule has 0 atom stereocenters. The van der Waals surface area contributed by atoms with Crippen molar-refractivity contribution in [3.8, 4) is 33.4 Å². The summed E-state index contributed by atoms with van der Waals surface area (Å²) in [5.74, 6) is 0. The molecule has 0 spiro atoms. The Balaban J connectivity index is 1.16. The van der Waals surface area contributed by atoms with Gasteiger partial charge in [-0.15, -0.1) is 11.3 Å². The molecule has 0 bridgehead atoms. The van der Waals surface area contributed by atoms with Gasteiger partial charge in [0.2, 0.25) is 0 Å². The second kappa shape index (κ2) is 13.2.